The van der Waals surface area contributed by atoms with E-state index in [1.807, 2.05) is 24.3 Å². The van der Waals surface area contributed by atoms with Crippen molar-refractivity contribution >= 4 is 28.3 Å². The summed E-state index contributed by atoms with van der Waals surface area (Å²) in [5.74, 6) is 0.612. The molecule has 0 atom stereocenters. The minimum atomic E-state index is -0.122. The average Bonchev–Trinajstić information content (AvgIpc) is 2.59. The van der Waals surface area contributed by atoms with Crippen molar-refractivity contribution in [2.75, 3.05) is 31.1 Å². The second-order valence-electron chi connectivity index (χ2n) is 5.51. The van der Waals surface area contributed by atoms with E-state index in [1.54, 1.807) is 11.1 Å². The fourth-order valence-electron chi connectivity index (χ4n) is 2.68. The molecule has 1 aromatic heterocycles. The molecule has 0 radical (unpaired) electrons. The molecule has 1 amide bonds. The van der Waals surface area contributed by atoms with Crippen molar-refractivity contribution in [2.45, 2.75) is 6.92 Å². The number of hydrogen-bond acceptors (Lipinski definition) is 5. The van der Waals surface area contributed by atoms with E-state index in [0.717, 1.165) is 16.6 Å². The van der Waals surface area contributed by atoms with Crippen LogP contribution in [0.2, 0.25) is 0 Å². The highest BCUT2D eigenvalue weighted by atomic mass is 16.2. The van der Waals surface area contributed by atoms with E-state index in [9.17, 15) is 9.59 Å². The molecule has 0 N–H and O–H groups in total. The van der Waals surface area contributed by atoms with Gasteiger partial charge in [-0.05, 0) is 13.0 Å². The zero-order valence-corrected chi connectivity index (χ0v) is 13.0. The lowest BCUT2D eigenvalue weighted by Crippen LogP contribution is -2.48. The van der Waals surface area contributed by atoms with E-state index in [0.29, 0.717) is 26.2 Å². The number of nitrogens with zero attached hydrogens (tertiary/aromatic N) is 4. The second kappa shape index (κ2) is 6.56. The Hall–Kier alpha value is -2.76. The smallest absolute Gasteiger partial charge is 0.246 e. The van der Waals surface area contributed by atoms with Gasteiger partial charge in [-0.2, -0.15) is 5.10 Å². The van der Waals surface area contributed by atoms with Crippen molar-refractivity contribution < 1.29 is 9.59 Å². The number of anilines is 1. The van der Waals surface area contributed by atoms with Crippen molar-refractivity contribution in [2.24, 2.45) is 0 Å². The van der Waals surface area contributed by atoms with E-state index in [1.165, 1.54) is 19.1 Å². The molecule has 0 unspecified atom stereocenters. The fraction of sp³-hybridized carbons (Fsp3) is 0.294. The van der Waals surface area contributed by atoms with Gasteiger partial charge in [0.1, 0.15) is 0 Å². The fourth-order valence-corrected chi connectivity index (χ4v) is 2.68. The van der Waals surface area contributed by atoms with Gasteiger partial charge < -0.3 is 9.80 Å². The molecule has 6 nitrogen and oxygen atoms in total. The highest BCUT2D eigenvalue weighted by Crippen LogP contribution is 2.24. The van der Waals surface area contributed by atoms with Crippen LogP contribution < -0.4 is 4.90 Å². The van der Waals surface area contributed by atoms with E-state index < -0.39 is 0 Å². The van der Waals surface area contributed by atoms with Crippen LogP contribution in [-0.4, -0.2) is 53.0 Å². The van der Waals surface area contributed by atoms with E-state index in [2.05, 4.69) is 15.1 Å². The van der Waals surface area contributed by atoms with Crippen molar-refractivity contribution in [3.63, 3.8) is 0 Å². The predicted molar refractivity (Wildman–Crippen MR) is 88.2 cm³/mol. The summed E-state index contributed by atoms with van der Waals surface area (Å²) in [6, 6.07) is 8.01. The van der Waals surface area contributed by atoms with Crippen molar-refractivity contribution in [3.05, 3.63) is 42.6 Å². The Balaban J connectivity index is 1.71. The predicted octanol–water partition coefficient (Wildman–Crippen LogP) is 1.42. The highest BCUT2D eigenvalue weighted by Gasteiger charge is 2.22. The molecule has 0 bridgehead atoms. The van der Waals surface area contributed by atoms with Crippen molar-refractivity contribution in [1.82, 2.24) is 15.1 Å². The molecule has 1 fully saturated rings. The Kier molecular flexibility index (Phi) is 4.32. The quantitative estimate of drug-likeness (QED) is 0.802. The lowest BCUT2D eigenvalue weighted by molar-refractivity contribution is -0.126. The average molecular weight is 310 g/mol. The molecule has 6 heteroatoms. The Morgan fingerprint density at radius 3 is 2.57 bits per heavy atom. The molecule has 1 aliphatic heterocycles. The van der Waals surface area contributed by atoms with Crippen LogP contribution in [0.3, 0.4) is 0 Å². The van der Waals surface area contributed by atoms with Gasteiger partial charge >= 0.3 is 0 Å². The summed E-state index contributed by atoms with van der Waals surface area (Å²) in [4.78, 5) is 26.8. The molecule has 23 heavy (non-hydrogen) atoms. The molecular weight excluding hydrogens is 292 g/mol. The highest BCUT2D eigenvalue weighted by molar-refractivity contribution is 5.96. The first kappa shape index (κ1) is 15.1. The van der Waals surface area contributed by atoms with Crippen LogP contribution in [0.15, 0.2) is 42.6 Å². The maximum Gasteiger partial charge on any atom is 0.246 e. The van der Waals surface area contributed by atoms with Gasteiger partial charge in [-0.15, -0.1) is 5.10 Å². The summed E-state index contributed by atoms with van der Waals surface area (Å²) in [7, 11) is 0. The number of ketones is 1. The van der Waals surface area contributed by atoms with Gasteiger partial charge in [-0.25, -0.2) is 0 Å². The number of carbonyl (C=O) groups excluding carboxylic acids is 2. The van der Waals surface area contributed by atoms with Crippen LogP contribution in [0, 0.1) is 0 Å². The van der Waals surface area contributed by atoms with Gasteiger partial charge in [0.25, 0.3) is 0 Å². The number of aromatic nitrogens is 2. The summed E-state index contributed by atoms with van der Waals surface area (Å²) in [5.41, 5.74) is 0. The van der Waals surface area contributed by atoms with Gasteiger partial charge in [-0.1, -0.05) is 24.3 Å². The Labute approximate surface area is 134 Å². The van der Waals surface area contributed by atoms with Crippen LogP contribution in [0.25, 0.3) is 10.8 Å². The molecule has 3 rings (SSSR count). The number of benzene rings is 1. The third kappa shape index (κ3) is 3.36. The van der Waals surface area contributed by atoms with Crippen LogP contribution in [0.1, 0.15) is 6.92 Å². The first-order valence-corrected chi connectivity index (χ1v) is 7.58. The van der Waals surface area contributed by atoms with Crippen molar-refractivity contribution in [1.29, 1.82) is 0 Å². The summed E-state index contributed by atoms with van der Waals surface area (Å²) in [6.45, 7) is 4.03. The SMILES string of the molecule is CC(=O)C=CC(=O)N1CCN(c2nncc3ccccc23)CC1. The standard InChI is InChI=1S/C17H18N4O2/c1-13(22)6-7-16(23)20-8-10-21(11-9-20)17-15-5-3-2-4-14(15)12-18-19-17/h2-7,12H,8-11H2,1H3. The molecular formula is C17H18N4O2. The number of carbonyl (C=O) groups is 2. The van der Waals surface area contributed by atoms with Gasteiger partial charge in [0, 0.05) is 43.0 Å². The molecule has 1 saturated heterocycles. The zero-order chi connectivity index (χ0) is 16.2. The summed E-state index contributed by atoms with van der Waals surface area (Å²) in [5, 5.41) is 10.5. The number of hydrogen-bond donors (Lipinski definition) is 0. The van der Waals surface area contributed by atoms with E-state index in [4.69, 9.17) is 0 Å². The van der Waals surface area contributed by atoms with Crippen LogP contribution in [0.5, 0.6) is 0 Å². The maximum atomic E-state index is 12.0. The molecule has 2 aromatic rings. The van der Waals surface area contributed by atoms with Crippen molar-refractivity contribution in [3.8, 4) is 0 Å². The summed E-state index contributed by atoms with van der Waals surface area (Å²) in [6.07, 6.45) is 4.41. The number of amides is 1. The van der Waals surface area contributed by atoms with Crippen LogP contribution in [0.4, 0.5) is 5.82 Å². The third-order valence-corrected chi connectivity index (χ3v) is 3.90. The van der Waals surface area contributed by atoms with E-state index in [-0.39, 0.29) is 11.7 Å². The zero-order valence-electron chi connectivity index (χ0n) is 13.0. The Morgan fingerprint density at radius 1 is 1.09 bits per heavy atom. The van der Waals surface area contributed by atoms with Crippen LogP contribution >= 0.6 is 0 Å². The third-order valence-electron chi connectivity index (χ3n) is 3.90. The molecule has 0 aliphatic carbocycles. The first-order chi connectivity index (χ1) is 11.1. The summed E-state index contributed by atoms with van der Waals surface area (Å²) >= 11 is 0. The van der Waals surface area contributed by atoms with Gasteiger partial charge in [0.15, 0.2) is 11.6 Å². The lowest BCUT2D eigenvalue weighted by Gasteiger charge is -2.35. The molecule has 118 valence electrons. The van der Waals surface area contributed by atoms with Gasteiger partial charge in [0.05, 0.1) is 6.20 Å². The Morgan fingerprint density at radius 2 is 1.83 bits per heavy atom. The summed E-state index contributed by atoms with van der Waals surface area (Å²) < 4.78 is 0. The van der Waals surface area contributed by atoms with E-state index >= 15 is 0 Å². The monoisotopic (exact) mass is 310 g/mol. The number of fused-ring (bicyclic) bond motifs is 1. The molecule has 0 spiro atoms. The number of piperazine rings is 1. The largest absolute Gasteiger partial charge is 0.351 e. The Bertz CT molecular complexity index is 759. The minimum Gasteiger partial charge on any atom is -0.351 e. The van der Waals surface area contributed by atoms with Crippen LogP contribution in [-0.2, 0) is 9.59 Å². The molecule has 1 aromatic carbocycles. The van der Waals surface area contributed by atoms with Gasteiger partial charge in [-0.3, -0.25) is 9.59 Å². The van der Waals surface area contributed by atoms with Gasteiger partial charge in [0.2, 0.25) is 5.91 Å². The molecule has 0 saturated carbocycles. The topological polar surface area (TPSA) is 66.4 Å². The normalized spacial score (nSPS) is 15.3. The molecule has 2 heterocycles. The maximum absolute atomic E-state index is 12.0. The first-order valence-electron chi connectivity index (χ1n) is 7.58. The second-order valence-corrected chi connectivity index (χ2v) is 5.51. The number of allylic oxidation sites excluding steroid dienone is 1. The number of rotatable bonds is 3. The lowest BCUT2D eigenvalue weighted by atomic mass is 10.1. The minimum absolute atomic E-state index is 0.121. The molecule has 1 aliphatic rings.